The van der Waals surface area contributed by atoms with Gasteiger partial charge < -0.3 is 0 Å². The molecule has 1 rings (SSSR count). The van der Waals surface area contributed by atoms with Crippen molar-refractivity contribution in [2.45, 2.75) is 46.1 Å². The second-order valence-electron chi connectivity index (χ2n) is 5.09. The van der Waals surface area contributed by atoms with Crippen molar-refractivity contribution in [3.8, 4) is 0 Å². The first-order valence-electron chi connectivity index (χ1n) is 5.43. The van der Waals surface area contributed by atoms with Gasteiger partial charge in [0, 0.05) is 19.0 Å². The average molecular weight is 205 g/mol. The van der Waals surface area contributed by atoms with Gasteiger partial charge in [-0.15, -0.1) is 0 Å². The van der Waals surface area contributed by atoms with Crippen molar-refractivity contribution in [3.63, 3.8) is 0 Å². The van der Waals surface area contributed by atoms with E-state index in [1.807, 2.05) is 32.6 Å². The van der Waals surface area contributed by atoms with E-state index in [1.165, 1.54) is 0 Å². The highest BCUT2D eigenvalue weighted by Crippen LogP contribution is 2.34. The first-order chi connectivity index (χ1) is 6.32. The lowest BCUT2D eigenvalue weighted by Gasteiger charge is -2.41. The predicted octanol–water partition coefficient (Wildman–Crippen LogP) is 3.01. The average Bonchev–Trinajstić information content (AvgIpc) is 2.01. The second kappa shape index (κ2) is 4.13. The summed E-state index contributed by atoms with van der Waals surface area (Å²) >= 11 is 0. The van der Waals surface area contributed by atoms with Crippen LogP contribution in [0.25, 0.3) is 0 Å². The van der Waals surface area contributed by atoms with Gasteiger partial charge in [0.1, 0.15) is 0 Å². The summed E-state index contributed by atoms with van der Waals surface area (Å²) in [6.45, 7) is 8.80. The van der Waals surface area contributed by atoms with Gasteiger partial charge in [-0.25, -0.2) is 8.78 Å². The lowest BCUT2D eigenvalue weighted by Crippen LogP contribution is -2.50. The van der Waals surface area contributed by atoms with E-state index in [0.29, 0.717) is 5.92 Å². The van der Waals surface area contributed by atoms with Gasteiger partial charge in [0.25, 0.3) is 5.92 Å². The van der Waals surface area contributed by atoms with E-state index in [1.54, 1.807) is 0 Å². The Balaban J connectivity index is 2.67. The van der Waals surface area contributed by atoms with Crippen molar-refractivity contribution in [1.29, 1.82) is 0 Å². The van der Waals surface area contributed by atoms with Gasteiger partial charge in [-0.05, 0) is 25.7 Å². The first kappa shape index (κ1) is 11.9. The molecule has 0 aromatic carbocycles. The van der Waals surface area contributed by atoms with Crippen molar-refractivity contribution in [3.05, 3.63) is 0 Å². The highest BCUT2D eigenvalue weighted by atomic mass is 19.3. The van der Waals surface area contributed by atoms with Crippen molar-refractivity contribution in [2.75, 3.05) is 13.1 Å². The van der Waals surface area contributed by atoms with Gasteiger partial charge in [0.15, 0.2) is 0 Å². The van der Waals surface area contributed by atoms with Gasteiger partial charge in [0.05, 0.1) is 6.54 Å². The molecule has 1 heterocycles. The summed E-state index contributed by atoms with van der Waals surface area (Å²) in [7, 11) is 0. The van der Waals surface area contributed by atoms with Crippen molar-refractivity contribution >= 4 is 0 Å². The summed E-state index contributed by atoms with van der Waals surface area (Å²) in [5.74, 6) is -2.00. The molecule has 0 N–H and O–H groups in total. The zero-order valence-corrected chi connectivity index (χ0v) is 9.56. The zero-order valence-electron chi connectivity index (χ0n) is 9.56. The number of alkyl halides is 2. The van der Waals surface area contributed by atoms with Crippen LogP contribution in [-0.2, 0) is 0 Å². The molecule has 1 aliphatic rings. The van der Waals surface area contributed by atoms with Crippen LogP contribution in [0.3, 0.4) is 0 Å². The topological polar surface area (TPSA) is 3.24 Å². The van der Waals surface area contributed by atoms with Crippen LogP contribution in [-0.4, -0.2) is 30.0 Å². The number of piperidine rings is 1. The molecule has 1 aliphatic heterocycles. The number of hydrogen-bond donors (Lipinski definition) is 0. The zero-order chi connectivity index (χ0) is 10.9. The Kier molecular flexibility index (Phi) is 3.51. The predicted molar refractivity (Wildman–Crippen MR) is 54.6 cm³/mol. The van der Waals surface area contributed by atoms with Crippen LogP contribution in [0, 0.1) is 11.8 Å². The molecule has 1 saturated heterocycles. The van der Waals surface area contributed by atoms with E-state index in [-0.39, 0.29) is 24.9 Å². The smallest absolute Gasteiger partial charge is 0.260 e. The lowest BCUT2D eigenvalue weighted by molar-refractivity contribution is -0.0991. The summed E-state index contributed by atoms with van der Waals surface area (Å²) in [5.41, 5.74) is 0. The lowest BCUT2D eigenvalue weighted by atomic mass is 9.85. The van der Waals surface area contributed by atoms with E-state index in [9.17, 15) is 8.78 Å². The molecule has 0 saturated carbocycles. The van der Waals surface area contributed by atoms with Gasteiger partial charge in [-0.1, -0.05) is 13.8 Å². The third kappa shape index (κ3) is 2.91. The molecule has 0 aromatic heterocycles. The van der Waals surface area contributed by atoms with Gasteiger partial charge in [0.2, 0.25) is 0 Å². The van der Waals surface area contributed by atoms with Crippen molar-refractivity contribution < 1.29 is 8.78 Å². The third-order valence-corrected chi connectivity index (χ3v) is 3.14. The molecule has 0 radical (unpaired) electrons. The maximum Gasteiger partial charge on any atom is 0.260 e. The molecule has 0 amide bonds. The highest BCUT2D eigenvalue weighted by Gasteiger charge is 2.41. The second-order valence-corrected chi connectivity index (χ2v) is 5.09. The minimum absolute atomic E-state index is 0.0616. The van der Waals surface area contributed by atoms with Crippen LogP contribution < -0.4 is 0 Å². The van der Waals surface area contributed by atoms with Gasteiger partial charge in [-0.3, -0.25) is 4.90 Å². The number of nitrogens with zero attached hydrogens (tertiary/aromatic N) is 1. The van der Waals surface area contributed by atoms with Crippen molar-refractivity contribution in [2.24, 2.45) is 11.8 Å². The summed E-state index contributed by atoms with van der Waals surface area (Å²) in [6, 6.07) is 0.224. The Hall–Kier alpha value is -0.180. The Morgan fingerprint density at radius 3 is 2.21 bits per heavy atom. The Labute approximate surface area is 85.5 Å². The summed E-state index contributed by atoms with van der Waals surface area (Å²) in [5, 5.41) is 0. The molecular weight excluding hydrogens is 184 g/mol. The van der Waals surface area contributed by atoms with Crippen LogP contribution in [0.4, 0.5) is 8.78 Å². The molecule has 0 bridgehead atoms. The first-order valence-corrected chi connectivity index (χ1v) is 5.43. The molecule has 0 spiro atoms. The van der Waals surface area contributed by atoms with Crippen LogP contribution in [0.1, 0.15) is 34.1 Å². The van der Waals surface area contributed by atoms with Crippen molar-refractivity contribution in [1.82, 2.24) is 4.90 Å². The quantitative estimate of drug-likeness (QED) is 0.670. The number of halogens is 2. The summed E-state index contributed by atoms with van der Waals surface area (Å²) < 4.78 is 26.8. The fourth-order valence-corrected chi connectivity index (χ4v) is 2.02. The highest BCUT2D eigenvalue weighted by molar-refractivity contribution is 4.86. The number of hydrogen-bond acceptors (Lipinski definition) is 1. The Bertz CT molecular complexity index is 172. The monoisotopic (exact) mass is 205 g/mol. The standard InChI is InChI=1S/C11H21F2N/c1-8(2)10-5-11(12,13)7-14(6-10)9(3)4/h8-10H,5-7H2,1-4H3/t10-/m1/s1. The van der Waals surface area contributed by atoms with E-state index < -0.39 is 5.92 Å². The number of rotatable bonds is 2. The Morgan fingerprint density at radius 2 is 1.79 bits per heavy atom. The van der Waals surface area contributed by atoms with Gasteiger partial charge >= 0.3 is 0 Å². The van der Waals surface area contributed by atoms with E-state index in [0.717, 1.165) is 6.54 Å². The summed E-state index contributed by atoms with van der Waals surface area (Å²) in [6.07, 6.45) is 0.0634. The molecular formula is C11H21F2N. The minimum Gasteiger partial charge on any atom is -0.295 e. The molecule has 1 fully saturated rings. The molecule has 0 unspecified atom stereocenters. The molecule has 3 heteroatoms. The fraction of sp³-hybridized carbons (Fsp3) is 1.00. The minimum atomic E-state index is -2.49. The van der Waals surface area contributed by atoms with E-state index in [4.69, 9.17) is 0 Å². The Morgan fingerprint density at radius 1 is 1.21 bits per heavy atom. The van der Waals surface area contributed by atoms with Crippen LogP contribution in [0.2, 0.25) is 0 Å². The molecule has 0 aliphatic carbocycles. The third-order valence-electron chi connectivity index (χ3n) is 3.14. The molecule has 1 atom stereocenters. The molecule has 1 nitrogen and oxygen atoms in total. The van der Waals surface area contributed by atoms with Crippen LogP contribution in [0.15, 0.2) is 0 Å². The largest absolute Gasteiger partial charge is 0.295 e. The maximum atomic E-state index is 13.4. The molecule has 84 valence electrons. The SMILES string of the molecule is CC(C)[C@H]1CN(C(C)C)CC(F)(F)C1. The fourth-order valence-electron chi connectivity index (χ4n) is 2.02. The number of likely N-dealkylation sites (tertiary alicyclic amines) is 1. The molecule has 14 heavy (non-hydrogen) atoms. The summed E-state index contributed by atoms with van der Waals surface area (Å²) in [4.78, 5) is 1.90. The van der Waals surface area contributed by atoms with Gasteiger partial charge in [-0.2, -0.15) is 0 Å². The molecule has 0 aromatic rings. The normalized spacial score (nSPS) is 28.7. The van der Waals surface area contributed by atoms with E-state index in [2.05, 4.69) is 0 Å². The van der Waals surface area contributed by atoms with Crippen LogP contribution >= 0.6 is 0 Å². The van der Waals surface area contributed by atoms with E-state index >= 15 is 0 Å². The van der Waals surface area contributed by atoms with Crippen LogP contribution in [0.5, 0.6) is 0 Å². The maximum absolute atomic E-state index is 13.4.